The number of nitrogens with zero attached hydrogens (tertiary/aromatic N) is 4. The highest BCUT2D eigenvalue weighted by atomic mass is 15.2. The van der Waals surface area contributed by atoms with Gasteiger partial charge < -0.3 is 5.73 Å². The number of hydrogen-bond acceptors (Lipinski definition) is 5. The summed E-state index contributed by atoms with van der Waals surface area (Å²) < 4.78 is 0. The zero-order valence-electron chi connectivity index (χ0n) is 15.0. The van der Waals surface area contributed by atoms with Crippen molar-refractivity contribution in [1.29, 1.82) is 15.8 Å². The van der Waals surface area contributed by atoms with Crippen molar-refractivity contribution in [2.45, 2.75) is 25.8 Å². The average molecular weight is 343 g/mol. The highest BCUT2D eigenvalue weighted by Crippen LogP contribution is 2.54. The zero-order valence-corrected chi connectivity index (χ0v) is 15.0. The number of benzene rings is 1. The molecule has 3 rings (SSSR count). The number of hydrogen-bond donors (Lipinski definition) is 1. The summed E-state index contributed by atoms with van der Waals surface area (Å²) >= 11 is 0. The summed E-state index contributed by atoms with van der Waals surface area (Å²) in [5, 5.41) is 29.7. The maximum Gasteiger partial charge on any atom is 0.191 e. The molecule has 0 spiro atoms. The van der Waals surface area contributed by atoms with Crippen molar-refractivity contribution in [2.75, 3.05) is 13.1 Å². The van der Waals surface area contributed by atoms with Gasteiger partial charge in [-0.3, -0.25) is 4.90 Å². The molecule has 5 heteroatoms. The Morgan fingerprint density at radius 2 is 1.81 bits per heavy atom. The highest BCUT2D eigenvalue weighted by Gasteiger charge is 2.54. The van der Waals surface area contributed by atoms with Gasteiger partial charge in [0.25, 0.3) is 0 Å². The van der Waals surface area contributed by atoms with E-state index in [0.717, 1.165) is 17.7 Å². The van der Waals surface area contributed by atoms with E-state index in [1.165, 1.54) is 0 Å². The van der Waals surface area contributed by atoms with E-state index in [1.807, 2.05) is 36.4 Å². The van der Waals surface area contributed by atoms with Crippen LogP contribution in [-0.2, 0) is 0 Å². The molecular weight excluding hydrogens is 322 g/mol. The van der Waals surface area contributed by atoms with Crippen molar-refractivity contribution in [3.63, 3.8) is 0 Å². The largest absolute Gasteiger partial charge is 0.399 e. The molecule has 2 aliphatic rings. The number of fused-ring (bicyclic) bond motifs is 1. The molecule has 5 nitrogen and oxygen atoms in total. The Kier molecular flexibility index (Phi) is 4.56. The van der Waals surface area contributed by atoms with Crippen molar-refractivity contribution in [3.8, 4) is 18.2 Å². The second kappa shape index (κ2) is 6.68. The molecule has 2 atom stereocenters. The summed E-state index contributed by atoms with van der Waals surface area (Å²) in [5.41, 5.74) is 6.88. The van der Waals surface area contributed by atoms with E-state index in [1.54, 1.807) is 0 Å². The minimum absolute atomic E-state index is 0.0827. The van der Waals surface area contributed by atoms with Gasteiger partial charge in [0.05, 0.1) is 23.4 Å². The van der Waals surface area contributed by atoms with Crippen LogP contribution in [0.4, 0.5) is 0 Å². The van der Waals surface area contributed by atoms with E-state index in [-0.39, 0.29) is 11.6 Å². The third-order valence-electron chi connectivity index (χ3n) is 5.58. The lowest BCUT2D eigenvalue weighted by Crippen LogP contribution is -2.49. The molecule has 0 radical (unpaired) electrons. The Hall–Kier alpha value is -3.07. The van der Waals surface area contributed by atoms with Gasteiger partial charge in [-0.1, -0.05) is 36.4 Å². The summed E-state index contributed by atoms with van der Waals surface area (Å²) in [5.74, 6) is -0.543. The average Bonchev–Trinajstić information content (AvgIpc) is 2.67. The molecule has 26 heavy (non-hydrogen) atoms. The summed E-state index contributed by atoms with van der Waals surface area (Å²) in [6.07, 6.45) is 2.04. The quantitative estimate of drug-likeness (QED) is 0.890. The molecule has 1 aliphatic heterocycles. The first-order valence-corrected chi connectivity index (χ1v) is 8.72. The second-order valence-corrected chi connectivity index (χ2v) is 7.13. The third kappa shape index (κ3) is 2.48. The third-order valence-corrected chi connectivity index (χ3v) is 5.58. The van der Waals surface area contributed by atoms with Crippen LogP contribution in [0.25, 0.3) is 0 Å². The van der Waals surface area contributed by atoms with Gasteiger partial charge in [-0.15, -0.1) is 0 Å². The van der Waals surface area contributed by atoms with Gasteiger partial charge in [0, 0.05) is 31.0 Å². The summed E-state index contributed by atoms with van der Waals surface area (Å²) in [4.78, 5) is 2.29. The molecule has 130 valence electrons. The molecular formula is C21H21N5. The van der Waals surface area contributed by atoms with E-state index in [2.05, 4.69) is 37.0 Å². The van der Waals surface area contributed by atoms with Crippen molar-refractivity contribution >= 4 is 0 Å². The van der Waals surface area contributed by atoms with Crippen molar-refractivity contribution in [3.05, 3.63) is 58.8 Å². The lowest BCUT2D eigenvalue weighted by Gasteiger charge is -2.46. The molecule has 2 N–H and O–H groups in total. The molecule has 0 saturated carbocycles. The van der Waals surface area contributed by atoms with E-state index in [0.29, 0.717) is 18.2 Å². The van der Waals surface area contributed by atoms with E-state index < -0.39 is 11.3 Å². The maximum absolute atomic E-state index is 9.99. The predicted octanol–water partition coefficient (Wildman–Crippen LogP) is 2.82. The first-order chi connectivity index (χ1) is 12.5. The Morgan fingerprint density at radius 3 is 2.35 bits per heavy atom. The van der Waals surface area contributed by atoms with Gasteiger partial charge in [0.15, 0.2) is 5.41 Å². The molecule has 1 aliphatic carbocycles. The maximum atomic E-state index is 9.99. The van der Waals surface area contributed by atoms with Crippen molar-refractivity contribution in [2.24, 2.45) is 17.1 Å². The summed E-state index contributed by atoms with van der Waals surface area (Å²) in [6.45, 7) is 5.66. The number of nitriles is 3. The van der Waals surface area contributed by atoms with Crippen LogP contribution in [0.15, 0.2) is 53.3 Å². The molecule has 1 heterocycles. The molecule has 0 fully saturated rings. The van der Waals surface area contributed by atoms with Crippen molar-refractivity contribution < 1.29 is 0 Å². The van der Waals surface area contributed by atoms with Crippen LogP contribution in [0.1, 0.15) is 25.3 Å². The normalized spacial score (nSPS) is 24.8. The van der Waals surface area contributed by atoms with Gasteiger partial charge >= 0.3 is 0 Å². The van der Waals surface area contributed by atoms with Gasteiger partial charge in [0.1, 0.15) is 6.07 Å². The second-order valence-electron chi connectivity index (χ2n) is 7.13. The minimum Gasteiger partial charge on any atom is -0.399 e. The van der Waals surface area contributed by atoms with E-state index >= 15 is 0 Å². The Morgan fingerprint density at radius 1 is 1.15 bits per heavy atom. The summed E-state index contributed by atoms with van der Waals surface area (Å²) in [6, 6.07) is 16.4. The van der Waals surface area contributed by atoms with E-state index in [4.69, 9.17) is 5.73 Å². The van der Waals surface area contributed by atoms with Crippen LogP contribution in [0.2, 0.25) is 0 Å². The topological polar surface area (TPSA) is 101 Å². The fourth-order valence-corrected chi connectivity index (χ4v) is 4.16. The van der Waals surface area contributed by atoms with Crippen molar-refractivity contribution in [1.82, 2.24) is 4.90 Å². The fourth-order valence-electron chi connectivity index (χ4n) is 4.16. The molecule has 0 bridgehead atoms. The van der Waals surface area contributed by atoms with Crippen LogP contribution in [0.5, 0.6) is 0 Å². The van der Waals surface area contributed by atoms with Crippen LogP contribution in [0.3, 0.4) is 0 Å². The number of nitrogens with two attached hydrogens (primary N) is 1. The zero-order chi connectivity index (χ0) is 18.9. The van der Waals surface area contributed by atoms with Gasteiger partial charge in [0.2, 0.25) is 0 Å². The van der Waals surface area contributed by atoms with Crippen LogP contribution in [0, 0.1) is 45.3 Å². The molecule has 0 saturated heterocycles. The smallest absolute Gasteiger partial charge is 0.191 e. The Bertz CT molecular complexity index is 875. The number of allylic oxidation sites excluding steroid dienone is 2. The molecule has 0 amide bonds. The predicted molar refractivity (Wildman–Crippen MR) is 98.0 cm³/mol. The first kappa shape index (κ1) is 17.7. The van der Waals surface area contributed by atoms with Crippen LogP contribution >= 0.6 is 0 Å². The SMILES string of the molecule is CC(C)N1CC=C2C(C#N)=C(N)C(C#N)(C#N)[C@@H](c3ccccc3)[C@@H]2C1. The van der Waals surface area contributed by atoms with Gasteiger partial charge in [-0.2, -0.15) is 15.8 Å². The Balaban J connectivity index is 2.29. The summed E-state index contributed by atoms with van der Waals surface area (Å²) in [7, 11) is 0. The number of rotatable bonds is 2. The lowest BCUT2D eigenvalue weighted by molar-refractivity contribution is 0.174. The molecule has 0 unspecified atom stereocenters. The van der Waals surface area contributed by atoms with E-state index in [9.17, 15) is 15.8 Å². The first-order valence-electron chi connectivity index (χ1n) is 8.72. The fraction of sp³-hybridized carbons (Fsp3) is 0.381. The standard InChI is InChI=1S/C21H21N5/c1-14(2)26-9-8-16-17(10-22)20(25)21(12-23,13-24)19(18(16)11-26)15-6-4-3-5-7-15/h3-8,14,18-19H,9,11,25H2,1-2H3/t18-,19+/m1/s1. The highest BCUT2D eigenvalue weighted by molar-refractivity contribution is 5.59. The van der Waals surface area contributed by atoms with Crippen LogP contribution in [-0.4, -0.2) is 24.0 Å². The van der Waals surface area contributed by atoms with Gasteiger partial charge in [-0.05, 0) is 25.0 Å². The molecule has 1 aromatic carbocycles. The molecule has 1 aromatic rings. The van der Waals surface area contributed by atoms with Gasteiger partial charge in [-0.25, -0.2) is 0 Å². The lowest BCUT2D eigenvalue weighted by atomic mass is 9.58. The monoisotopic (exact) mass is 343 g/mol. The Labute approximate surface area is 154 Å². The minimum atomic E-state index is -1.55. The van der Waals surface area contributed by atoms with Crippen LogP contribution < -0.4 is 5.73 Å². The molecule has 0 aromatic heterocycles.